The van der Waals surface area contributed by atoms with Gasteiger partial charge in [0, 0.05) is 24.2 Å². The lowest BCUT2D eigenvalue weighted by Crippen LogP contribution is -2.47. The molecule has 2 heterocycles. The van der Waals surface area contributed by atoms with E-state index in [0.717, 1.165) is 18.2 Å². The Bertz CT molecular complexity index is 1650. The van der Waals surface area contributed by atoms with E-state index in [2.05, 4.69) is 0 Å². The molecule has 1 aliphatic heterocycles. The van der Waals surface area contributed by atoms with Gasteiger partial charge >= 0.3 is 0 Å². The van der Waals surface area contributed by atoms with Crippen LogP contribution < -0.4 is 17.0 Å². The van der Waals surface area contributed by atoms with E-state index < -0.39 is 91.0 Å². The molecule has 7 N–H and O–H groups in total. The topological polar surface area (TPSA) is 275 Å². The number of pyridine rings is 1. The van der Waals surface area contributed by atoms with Crippen molar-refractivity contribution in [1.29, 1.82) is 0 Å². The van der Waals surface area contributed by atoms with Gasteiger partial charge in [-0.25, -0.2) is 0 Å². The molecule has 0 unspecified atom stereocenters. The number of amides is 4. The average molecular weight is 589 g/mol. The van der Waals surface area contributed by atoms with Crippen molar-refractivity contribution in [3.05, 3.63) is 55.9 Å². The molecule has 0 saturated carbocycles. The third kappa shape index (κ3) is 7.05. The predicted octanol–water partition coefficient (Wildman–Crippen LogP) is -2.15. The summed E-state index contributed by atoms with van der Waals surface area (Å²) in [7, 11) is -9.17. The summed E-state index contributed by atoms with van der Waals surface area (Å²) in [6, 6.07) is 0. The minimum atomic E-state index is -4.59. The summed E-state index contributed by atoms with van der Waals surface area (Å²) in [6.45, 7) is 0.909. The number of aromatic hydroxyl groups is 1. The molecule has 0 bridgehead atoms. The second-order valence-corrected chi connectivity index (χ2v) is 11.3. The van der Waals surface area contributed by atoms with Gasteiger partial charge in [-0.3, -0.25) is 42.5 Å². The Morgan fingerprint density at radius 3 is 1.92 bits per heavy atom. The lowest BCUT2D eigenvalue weighted by Gasteiger charge is -2.28. The molecule has 212 valence electrons. The zero-order valence-electron chi connectivity index (χ0n) is 20.4. The quantitative estimate of drug-likeness (QED) is 0.0846. The number of primary amides is 2. The molecular formula is C21H24N4O12S2. The summed E-state index contributed by atoms with van der Waals surface area (Å²) in [4.78, 5) is 62.7. The number of hydrogen-bond donors (Lipinski definition) is 5. The Hall–Kier alpha value is -4.13. The molecule has 1 aromatic heterocycles. The molecule has 2 rings (SSSR count). The Labute approximate surface area is 221 Å². The van der Waals surface area contributed by atoms with Gasteiger partial charge in [-0.05, 0) is 37.1 Å². The highest BCUT2D eigenvalue weighted by molar-refractivity contribution is 7.86. The second kappa shape index (κ2) is 11.3. The third-order valence-corrected chi connectivity index (χ3v) is 7.01. The van der Waals surface area contributed by atoms with Gasteiger partial charge < -0.3 is 16.6 Å². The molecule has 1 aromatic rings. The Balaban J connectivity index is 2.68. The van der Waals surface area contributed by atoms with Crippen molar-refractivity contribution < 1.29 is 50.2 Å². The molecule has 39 heavy (non-hydrogen) atoms. The molecule has 4 amide bonds. The van der Waals surface area contributed by atoms with Crippen LogP contribution in [0.15, 0.2) is 33.7 Å². The Kier molecular flexibility index (Phi) is 9.02. The number of nitrogens with two attached hydrogens (primary N) is 2. The zero-order valence-corrected chi connectivity index (χ0v) is 22.1. The highest BCUT2D eigenvalue weighted by Crippen LogP contribution is 2.26. The maximum absolute atomic E-state index is 13.0. The van der Waals surface area contributed by atoms with Crippen LogP contribution in [-0.2, 0) is 41.2 Å². The standard InChI is InChI=1S/C21H24N4O12S2/c1-10-12(18(28)24(6-8-38(32,33)34)20(30)14(10)16(22)26)4-3-5-13-11(2)15(17(23)27)21(31)25(19(13)29)7-9-39(35,36)37/h3-5,30H,6-9H2,1-2H3,(H2,22,26)(H2,23,27)(H,32,33,34)(H,35,36,37). The van der Waals surface area contributed by atoms with E-state index >= 15 is 0 Å². The summed E-state index contributed by atoms with van der Waals surface area (Å²) < 4.78 is 63.0. The normalized spacial score (nSPS) is 16.0. The van der Waals surface area contributed by atoms with Crippen LogP contribution in [0.1, 0.15) is 28.4 Å². The minimum Gasteiger partial charge on any atom is -0.494 e. The number of carbonyl (C=O) groups is 4. The predicted molar refractivity (Wildman–Crippen MR) is 134 cm³/mol. The molecule has 0 aromatic carbocycles. The van der Waals surface area contributed by atoms with Crippen LogP contribution in [0.5, 0.6) is 5.88 Å². The largest absolute Gasteiger partial charge is 0.494 e. The summed E-state index contributed by atoms with van der Waals surface area (Å²) in [5, 5.41) is 10.3. The highest BCUT2D eigenvalue weighted by Gasteiger charge is 2.37. The van der Waals surface area contributed by atoms with Crippen molar-refractivity contribution in [2.24, 2.45) is 11.5 Å². The van der Waals surface area contributed by atoms with Gasteiger partial charge in [0.05, 0.1) is 11.5 Å². The van der Waals surface area contributed by atoms with Crippen molar-refractivity contribution in [2.45, 2.75) is 20.4 Å². The summed E-state index contributed by atoms with van der Waals surface area (Å²) >= 11 is 0. The lowest BCUT2D eigenvalue weighted by atomic mass is 9.93. The fraction of sp³-hybridized carbons (Fsp3) is 0.286. The van der Waals surface area contributed by atoms with Gasteiger partial charge in [-0.2, -0.15) is 16.8 Å². The number of allylic oxidation sites excluding steroid dienone is 2. The van der Waals surface area contributed by atoms with Crippen LogP contribution in [0, 0.1) is 6.92 Å². The number of rotatable bonds is 10. The van der Waals surface area contributed by atoms with E-state index in [1.54, 1.807) is 0 Å². The first-order valence-electron chi connectivity index (χ1n) is 10.7. The van der Waals surface area contributed by atoms with Crippen molar-refractivity contribution in [3.63, 3.8) is 0 Å². The van der Waals surface area contributed by atoms with Crippen molar-refractivity contribution in [1.82, 2.24) is 9.47 Å². The molecule has 0 radical (unpaired) electrons. The van der Waals surface area contributed by atoms with E-state index in [1.165, 1.54) is 13.8 Å². The fourth-order valence-corrected chi connectivity index (χ4v) is 4.54. The molecule has 0 saturated heterocycles. The van der Waals surface area contributed by atoms with Crippen LogP contribution in [0.3, 0.4) is 0 Å². The number of aromatic nitrogens is 1. The van der Waals surface area contributed by atoms with Gasteiger partial charge in [0.15, 0.2) is 0 Å². The van der Waals surface area contributed by atoms with Crippen molar-refractivity contribution in [3.8, 4) is 5.88 Å². The number of nitrogens with zero attached hydrogens (tertiary/aromatic N) is 2. The second-order valence-electron chi connectivity index (χ2n) is 8.20. The van der Waals surface area contributed by atoms with E-state index in [9.17, 15) is 45.9 Å². The average Bonchev–Trinajstić information content (AvgIpc) is 2.75. The van der Waals surface area contributed by atoms with Gasteiger partial charge in [0.2, 0.25) is 5.88 Å². The number of imide groups is 1. The first kappa shape index (κ1) is 31.1. The number of carbonyl (C=O) groups excluding carboxylic acids is 4. The molecule has 0 aliphatic carbocycles. The van der Waals surface area contributed by atoms with Gasteiger partial charge in [-0.15, -0.1) is 0 Å². The molecular weight excluding hydrogens is 564 g/mol. The molecule has 0 atom stereocenters. The van der Waals surface area contributed by atoms with E-state index in [-0.39, 0.29) is 22.3 Å². The van der Waals surface area contributed by atoms with E-state index in [1.807, 2.05) is 0 Å². The monoisotopic (exact) mass is 588 g/mol. The van der Waals surface area contributed by atoms with Crippen LogP contribution in [0.4, 0.5) is 0 Å². The zero-order chi connectivity index (χ0) is 30.0. The Morgan fingerprint density at radius 2 is 1.44 bits per heavy atom. The third-order valence-electron chi connectivity index (χ3n) is 5.61. The fourth-order valence-electron chi connectivity index (χ4n) is 3.71. The van der Waals surface area contributed by atoms with Gasteiger partial charge in [0.25, 0.3) is 49.4 Å². The SMILES string of the molecule is CC1=C(C(N)=O)C(=O)N(CCS(=O)(=O)O)C(=O)C1=CC=Cc1c(C)c(C(N)=O)c(O)n(CCS(=O)(=O)O)c1=O. The van der Waals surface area contributed by atoms with E-state index in [4.69, 9.17) is 20.6 Å². The Morgan fingerprint density at radius 1 is 0.897 bits per heavy atom. The first-order chi connectivity index (χ1) is 17.8. The van der Waals surface area contributed by atoms with Crippen LogP contribution in [0.2, 0.25) is 0 Å². The highest BCUT2D eigenvalue weighted by atomic mass is 32.2. The van der Waals surface area contributed by atoms with Crippen molar-refractivity contribution >= 4 is 49.9 Å². The number of hydrogen-bond acceptors (Lipinski definition) is 10. The van der Waals surface area contributed by atoms with Crippen LogP contribution >= 0.6 is 0 Å². The molecule has 16 nitrogen and oxygen atoms in total. The van der Waals surface area contributed by atoms with Crippen molar-refractivity contribution in [2.75, 3.05) is 18.1 Å². The first-order valence-corrected chi connectivity index (χ1v) is 13.9. The maximum Gasteiger partial charge on any atom is 0.266 e. The van der Waals surface area contributed by atoms with Gasteiger partial charge in [-0.1, -0.05) is 6.08 Å². The summed E-state index contributed by atoms with van der Waals surface area (Å²) in [5.74, 6) is -7.58. The smallest absolute Gasteiger partial charge is 0.266 e. The lowest BCUT2D eigenvalue weighted by molar-refractivity contribution is -0.141. The maximum atomic E-state index is 13.0. The molecule has 0 fully saturated rings. The molecule has 1 aliphatic rings. The molecule has 18 heteroatoms. The van der Waals surface area contributed by atoms with E-state index in [0.29, 0.717) is 9.47 Å². The van der Waals surface area contributed by atoms with Crippen LogP contribution in [-0.4, -0.2) is 82.2 Å². The summed E-state index contributed by atoms with van der Waals surface area (Å²) in [5.41, 5.74) is 7.50. The van der Waals surface area contributed by atoms with Crippen LogP contribution in [0.25, 0.3) is 6.08 Å². The molecule has 0 spiro atoms. The van der Waals surface area contributed by atoms with Gasteiger partial charge in [0.1, 0.15) is 11.1 Å². The summed E-state index contributed by atoms with van der Waals surface area (Å²) in [6.07, 6.45) is 3.19. The minimum absolute atomic E-state index is 0.118.